The third-order valence-electron chi connectivity index (χ3n) is 2.76. The first kappa shape index (κ1) is 18.7. The lowest BCUT2D eigenvalue weighted by Gasteiger charge is -2.13. The summed E-state index contributed by atoms with van der Waals surface area (Å²) in [5.74, 6) is -1.33. The zero-order valence-corrected chi connectivity index (χ0v) is 13.0. The number of aliphatic imine (C=N–C) groups is 1. The van der Waals surface area contributed by atoms with E-state index in [1.165, 1.54) is 13.0 Å². The number of carbonyl (C=O) groups is 1. The van der Waals surface area contributed by atoms with Crippen molar-refractivity contribution >= 4 is 17.5 Å². The third-order valence-corrected chi connectivity index (χ3v) is 2.76. The van der Waals surface area contributed by atoms with Crippen molar-refractivity contribution in [2.45, 2.75) is 32.9 Å². The Morgan fingerprint density at radius 1 is 1.43 bits per heavy atom. The Bertz CT molecular complexity index is 623. The van der Waals surface area contributed by atoms with E-state index < -0.39 is 23.4 Å². The molecular formula is C15H18F3N3O2. The fraction of sp³-hybridized carbons (Fsp3) is 0.400. The minimum atomic E-state index is -4.88. The smallest absolute Gasteiger partial charge is 0.434 e. The molecule has 0 spiro atoms. The van der Waals surface area contributed by atoms with Gasteiger partial charge in [-0.1, -0.05) is 19.9 Å². The molecule has 0 aliphatic heterocycles. The number of rotatable bonds is 5. The Morgan fingerprint density at radius 2 is 2.09 bits per heavy atom. The van der Waals surface area contributed by atoms with E-state index in [1.807, 2.05) is 13.8 Å². The Labute approximate surface area is 132 Å². The van der Waals surface area contributed by atoms with Gasteiger partial charge in [0.25, 0.3) is 0 Å². The van der Waals surface area contributed by atoms with Crippen molar-refractivity contribution in [3.8, 4) is 0 Å². The molecule has 0 saturated carbocycles. The summed E-state index contributed by atoms with van der Waals surface area (Å²) in [7, 11) is 0. The lowest BCUT2D eigenvalue weighted by Crippen LogP contribution is -2.30. The van der Waals surface area contributed by atoms with E-state index in [2.05, 4.69) is 14.7 Å². The number of pyridine rings is 1. The predicted molar refractivity (Wildman–Crippen MR) is 80.4 cm³/mol. The van der Waals surface area contributed by atoms with Crippen LogP contribution in [0.5, 0.6) is 0 Å². The quantitative estimate of drug-likeness (QED) is 0.511. The Balaban J connectivity index is 3.37. The van der Waals surface area contributed by atoms with Crippen LogP contribution in [0.2, 0.25) is 0 Å². The molecule has 1 rings (SSSR count). The van der Waals surface area contributed by atoms with Crippen LogP contribution >= 0.6 is 0 Å². The number of carbonyl (C=O) groups excluding carboxylic acids is 1. The van der Waals surface area contributed by atoms with E-state index in [0.717, 1.165) is 0 Å². The highest BCUT2D eigenvalue weighted by Gasteiger charge is 2.41. The van der Waals surface area contributed by atoms with E-state index in [4.69, 9.17) is 5.73 Å². The van der Waals surface area contributed by atoms with Gasteiger partial charge in [-0.3, -0.25) is 0 Å². The van der Waals surface area contributed by atoms with Crippen LogP contribution in [0.1, 0.15) is 32.4 Å². The average molecular weight is 329 g/mol. The molecule has 0 radical (unpaired) electrons. The van der Waals surface area contributed by atoms with Crippen molar-refractivity contribution in [2.24, 2.45) is 10.7 Å². The van der Waals surface area contributed by atoms with Gasteiger partial charge in [0, 0.05) is 11.9 Å². The van der Waals surface area contributed by atoms with Crippen molar-refractivity contribution in [3.05, 3.63) is 35.7 Å². The molecule has 0 atom stereocenters. The number of nitrogens with zero attached hydrogens (tertiary/aromatic N) is 2. The largest absolute Gasteiger partial charge is 0.462 e. The molecule has 23 heavy (non-hydrogen) atoms. The van der Waals surface area contributed by atoms with Crippen LogP contribution in [0.15, 0.2) is 35.0 Å². The second-order valence-corrected chi connectivity index (χ2v) is 4.83. The standard InChI is InChI=1S/C15H18F3N3O2/c1-4-23-14(22)10(8-19)13(15(16,17)18)21-12-7-5-6-11(20-12)9(2)3/h5-9H,4,19H2,1-3H3/b10-8+,21-13-. The molecule has 1 aromatic heterocycles. The molecule has 1 aromatic rings. The Hall–Kier alpha value is -2.38. The lowest BCUT2D eigenvalue weighted by atomic mass is 10.1. The number of halogens is 3. The van der Waals surface area contributed by atoms with Crippen molar-refractivity contribution in [2.75, 3.05) is 6.61 Å². The van der Waals surface area contributed by atoms with Crippen LogP contribution < -0.4 is 5.73 Å². The average Bonchev–Trinajstić information content (AvgIpc) is 2.46. The van der Waals surface area contributed by atoms with Gasteiger partial charge in [-0.05, 0) is 25.0 Å². The minimum Gasteiger partial charge on any atom is -0.462 e. The molecule has 8 heteroatoms. The number of ether oxygens (including phenoxy) is 1. The van der Waals surface area contributed by atoms with Crippen LogP contribution in [0.4, 0.5) is 19.0 Å². The van der Waals surface area contributed by atoms with Crippen LogP contribution in [0, 0.1) is 0 Å². The molecule has 1 heterocycles. The van der Waals surface area contributed by atoms with Crippen LogP contribution in [0.3, 0.4) is 0 Å². The topological polar surface area (TPSA) is 77.6 Å². The normalized spacial score (nSPS) is 13.3. The Morgan fingerprint density at radius 3 is 2.57 bits per heavy atom. The Kier molecular flexibility index (Phi) is 6.29. The van der Waals surface area contributed by atoms with Crippen LogP contribution in [-0.4, -0.2) is 29.4 Å². The first-order valence-corrected chi connectivity index (χ1v) is 6.92. The molecule has 0 aromatic carbocycles. The minimum absolute atomic E-state index is 0.0223. The van der Waals surface area contributed by atoms with Crippen molar-refractivity contribution in [3.63, 3.8) is 0 Å². The van der Waals surface area contributed by atoms with E-state index >= 15 is 0 Å². The summed E-state index contributed by atoms with van der Waals surface area (Å²) >= 11 is 0. The fourth-order valence-corrected chi connectivity index (χ4v) is 1.67. The van der Waals surface area contributed by atoms with Gasteiger partial charge in [-0.2, -0.15) is 13.2 Å². The van der Waals surface area contributed by atoms with Gasteiger partial charge in [0.2, 0.25) is 0 Å². The molecular weight excluding hydrogens is 311 g/mol. The number of alkyl halides is 3. The maximum Gasteiger partial charge on any atom is 0.434 e. The van der Waals surface area contributed by atoms with Gasteiger partial charge in [0.05, 0.1) is 6.61 Å². The molecule has 0 aliphatic carbocycles. The van der Waals surface area contributed by atoms with Gasteiger partial charge in [0.1, 0.15) is 5.57 Å². The van der Waals surface area contributed by atoms with Gasteiger partial charge in [0.15, 0.2) is 11.5 Å². The number of esters is 1. The number of hydrogen-bond donors (Lipinski definition) is 1. The van der Waals surface area contributed by atoms with Crippen molar-refractivity contribution in [1.29, 1.82) is 0 Å². The first-order chi connectivity index (χ1) is 10.7. The maximum absolute atomic E-state index is 13.2. The molecule has 5 nitrogen and oxygen atoms in total. The van der Waals surface area contributed by atoms with Crippen LogP contribution in [0.25, 0.3) is 0 Å². The molecule has 0 unspecified atom stereocenters. The fourth-order valence-electron chi connectivity index (χ4n) is 1.67. The third kappa shape index (κ3) is 5.08. The zero-order valence-electron chi connectivity index (χ0n) is 13.0. The molecule has 0 amide bonds. The summed E-state index contributed by atoms with van der Waals surface area (Å²) in [5.41, 5.74) is 3.47. The summed E-state index contributed by atoms with van der Waals surface area (Å²) in [6, 6.07) is 4.55. The monoisotopic (exact) mass is 329 g/mol. The van der Waals surface area contributed by atoms with E-state index in [0.29, 0.717) is 11.9 Å². The second kappa shape index (κ2) is 7.75. The van der Waals surface area contributed by atoms with Crippen LogP contribution in [-0.2, 0) is 9.53 Å². The SMILES string of the molecule is CCOC(=O)C(=C/N)/C(=N/c1cccc(C(C)C)n1)C(F)(F)F. The van der Waals surface area contributed by atoms with Crippen molar-refractivity contribution in [1.82, 2.24) is 4.98 Å². The number of nitrogens with two attached hydrogens (primary N) is 1. The van der Waals surface area contributed by atoms with Gasteiger partial charge in [-0.25, -0.2) is 14.8 Å². The molecule has 0 fully saturated rings. The molecule has 0 aliphatic rings. The zero-order chi connectivity index (χ0) is 17.6. The molecule has 0 saturated heterocycles. The molecule has 126 valence electrons. The highest BCUT2D eigenvalue weighted by atomic mass is 19.4. The van der Waals surface area contributed by atoms with E-state index in [9.17, 15) is 18.0 Å². The summed E-state index contributed by atoms with van der Waals surface area (Å²) < 4.78 is 44.3. The van der Waals surface area contributed by atoms with Gasteiger partial charge < -0.3 is 10.5 Å². The van der Waals surface area contributed by atoms with Gasteiger partial charge in [-0.15, -0.1) is 0 Å². The number of aromatic nitrogens is 1. The highest BCUT2D eigenvalue weighted by Crippen LogP contribution is 2.26. The summed E-state index contributed by atoms with van der Waals surface area (Å²) in [4.78, 5) is 19.2. The first-order valence-electron chi connectivity index (χ1n) is 6.92. The van der Waals surface area contributed by atoms with Gasteiger partial charge >= 0.3 is 12.1 Å². The second-order valence-electron chi connectivity index (χ2n) is 4.83. The van der Waals surface area contributed by atoms with E-state index in [-0.39, 0.29) is 18.3 Å². The summed E-state index contributed by atoms with van der Waals surface area (Å²) in [6.07, 6.45) is -4.34. The van der Waals surface area contributed by atoms with Crippen molar-refractivity contribution < 1.29 is 22.7 Å². The summed E-state index contributed by atoms with van der Waals surface area (Å²) in [6.45, 7) is 5.10. The van der Waals surface area contributed by atoms with E-state index in [1.54, 1.807) is 12.1 Å². The molecule has 2 N–H and O–H groups in total. The summed E-state index contributed by atoms with van der Waals surface area (Å²) in [5, 5.41) is 0. The predicted octanol–water partition coefficient (Wildman–Crippen LogP) is 3.25. The lowest BCUT2D eigenvalue weighted by molar-refractivity contribution is -0.138. The molecule has 0 bridgehead atoms. The highest BCUT2D eigenvalue weighted by molar-refractivity contribution is 6.22. The number of hydrogen-bond acceptors (Lipinski definition) is 5. The maximum atomic E-state index is 13.2.